The number of para-hydroxylation sites is 1. The first kappa shape index (κ1) is 13.5. The Morgan fingerprint density at radius 2 is 1.68 bits per heavy atom. The molecule has 2 aliphatic heterocycles. The maximum atomic E-state index is 2.48. The smallest absolute Gasteiger partial charge is 0.353 e. The molecule has 0 saturated carbocycles. The number of nitrogens with zero attached hydrogens (tertiary/aromatic N) is 4. The Labute approximate surface area is 132 Å². The minimum absolute atomic E-state index is 0.220. The minimum atomic E-state index is 0.220. The molecule has 22 heavy (non-hydrogen) atoms. The molecule has 0 radical (unpaired) electrons. The molecule has 2 aliphatic rings. The summed E-state index contributed by atoms with van der Waals surface area (Å²) in [6.07, 6.45) is 2.24. The van der Waals surface area contributed by atoms with Crippen molar-refractivity contribution in [2.75, 3.05) is 28.5 Å². The largest absolute Gasteiger partial charge is 0.634 e. The lowest BCUT2D eigenvalue weighted by atomic mass is 9.89. The van der Waals surface area contributed by atoms with Crippen LogP contribution in [0.5, 0.6) is 0 Å². The third kappa shape index (κ3) is 1.41. The van der Waals surface area contributed by atoms with Crippen LogP contribution in [0.25, 0.3) is 0 Å². The molecule has 0 bridgehead atoms. The van der Waals surface area contributed by atoms with Crippen LogP contribution >= 0.6 is 0 Å². The summed E-state index contributed by atoms with van der Waals surface area (Å²) in [6.45, 7) is 6.62. The molecule has 0 amide bonds. The fourth-order valence-corrected chi connectivity index (χ4v) is 4.09. The number of aromatic nitrogens is 1. The molecule has 0 aliphatic carbocycles. The fraction of sp³-hybridized carbons (Fsp3) is 0.353. The first-order valence-electron chi connectivity index (χ1n) is 7.78. The van der Waals surface area contributed by atoms with E-state index in [0.29, 0.717) is 0 Å². The highest BCUT2D eigenvalue weighted by Crippen LogP contribution is 2.51. The van der Waals surface area contributed by atoms with Crippen LogP contribution in [0.3, 0.4) is 0 Å². The van der Waals surface area contributed by atoms with Gasteiger partial charge in [0.15, 0.2) is 0 Å². The molecule has 0 N–H and O–H groups in total. The van der Waals surface area contributed by atoms with Crippen molar-refractivity contribution in [2.45, 2.75) is 20.8 Å². The molecule has 0 spiro atoms. The Morgan fingerprint density at radius 3 is 2.41 bits per heavy atom. The Hall–Kier alpha value is -2.17. The van der Waals surface area contributed by atoms with Gasteiger partial charge in [0.25, 0.3) is 5.82 Å². The molecule has 1 aromatic heterocycles. The van der Waals surface area contributed by atoms with Crippen molar-refractivity contribution in [3.05, 3.63) is 41.1 Å². The van der Waals surface area contributed by atoms with Gasteiger partial charge in [-0.2, -0.15) is 0 Å². The van der Waals surface area contributed by atoms with Crippen LogP contribution < -0.4 is 19.0 Å². The van der Waals surface area contributed by atoms with Crippen LogP contribution in [0.15, 0.2) is 24.4 Å². The van der Waals surface area contributed by atoms with Crippen LogP contribution in [0.2, 0.25) is 0 Å². The third-order valence-corrected chi connectivity index (χ3v) is 5.22. The Morgan fingerprint density at radius 1 is 0.955 bits per heavy atom. The van der Waals surface area contributed by atoms with E-state index in [2.05, 4.69) is 85.3 Å². The van der Waals surface area contributed by atoms with E-state index in [9.17, 15) is 0 Å². The topological polar surface area (TPSA) is 13.6 Å². The summed E-state index contributed by atoms with van der Waals surface area (Å²) in [5, 5.41) is 0. The van der Waals surface area contributed by atoms with Crippen molar-refractivity contribution in [3.8, 4) is 0 Å². The second kappa shape index (κ2) is 4.19. The van der Waals surface area contributed by atoms with Gasteiger partial charge in [-0.25, -0.2) is 9.38 Å². The number of aryl methyl sites for hydroxylation is 3. The summed E-state index contributed by atoms with van der Waals surface area (Å²) in [4.78, 5) is 7.25. The molecule has 0 unspecified atom stereocenters. The van der Waals surface area contributed by atoms with Gasteiger partial charge in [0.05, 0.1) is 18.9 Å². The second-order valence-electron chi connectivity index (χ2n) is 6.60. The summed E-state index contributed by atoms with van der Waals surface area (Å²) >= 11 is 0. The summed E-state index contributed by atoms with van der Waals surface area (Å²) in [5.41, 5.74) is 8.01. The monoisotopic (exact) mass is 293 g/mol. The highest BCUT2D eigenvalue weighted by molar-refractivity contribution is 6.77. The maximum Gasteiger partial charge on any atom is 0.634 e. The number of fused-ring (bicyclic) bond motifs is 5. The number of anilines is 4. The third-order valence-electron chi connectivity index (χ3n) is 5.22. The lowest BCUT2D eigenvalue weighted by Gasteiger charge is -2.21. The number of rotatable bonds is 0. The van der Waals surface area contributed by atoms with Gasteiger partial charge < -0.3 is 9.62 Å². The summed E-state index contributed by atoms with van der Waals surface area (Å²) in [7, 11) is 6.76. The molecule has 4 nitrogen and oxygen atoms in total. The van der Waals surface area contributed by atoms with Gasteiger partial charge in [-0.3, -0.25) is 0 Å². The van der Waals surface area contributed by atoms with E-state index in [1.54, 1.807) is 0 Å². The Bertz CT molecular complexity index is 802. The van der Waals surface area contributed by atoms with E-state index in [4.69, 9.17) is 0 Å². The molecule has 3 heterocycles. The average Bonchev–Trinajstić information content (AvgIpc) is 2.93. The van der Waals surface area contributed by atoms with Crippen molar-refractivity contribution in [3.63, 3.8) is 0 Å². The summed E-state index contributed by atoms with van der Waals surface area (Å²) < 4.78 is 2.27. The molecule has 1 aromatic carbocycles. The van der Waals surface area contributed by atoms with Crippen LogP contribution in [0, 0.1) is 20.8 Å². The second-order valence-corrected chi connectivity index (χ2v) is 6.60. The quantitative estimate of drug-likeness (QED) is 0.547. The van der Waals surface area contributed by atoms with Crippen LogP contribution in [0.4, 0.5) is 22.9 Å². The SMILES string of the molecule is Cc1c[n+](C)c2c(c1C)N(C)B1N(C)c3cccc(C)c3N12. The zero-order chi connectivity index (χ0) is 15.8. The van der Waals surface area contributed by atoms with Gasteiger partial charge >= 0.3 is 7.12 Å². The predicted octanol–water partition coefficient (Wildman–Crippen LogP) is 2.46. The standard InChI is InChI=1S/C17H22BN4/c1-11-8-7-9-14-15(11)22-17-16(21(6)18(22)20(14)5)13(3)12(2)10-19(17)4/h7-10H,1-6H3/q+1. The van der Waals surface area contributed by atoms with Gasteiger partial charge in [0, 0.05) is 0 Å². The van der Waals surface area contributed by atoms with Gasteiger partial charge in [-0.1, -0.05) is 12.1 Å². The first-order valence-corrected chi connectivity index (χ1v) is 7.78. The van der Waals surface area contributed by atoms with Crippen LogP contribution in [-0.2, 0) is 7.05 Å². The Balaban J connectivity index is 2.06. The lowest BCUT2D eigenvalue weighted by molar-refractivity contribution is -0.657. The number of hydrogen-bond acceptors (Lipinski definition) is 3. The minimum Gasteiger partial charge on any atom is -0.353 e. The van der Waals surface area contributed by atoms with E-state index >= 15 is 0 Å². The molecule has 0 saturated heterocycles. The van der Waals surface area contributed by atoms with Crippen molar-refractivity contribution < 1.29 is 4.57 Å². The molecule has 4 rings (SSSR count). The van der Waals surface area contributed by atoms with E-state index < -0.39 is 0 Å². The highest BCUT2D eigenvalue weighted by Gasteiger charge is 2.59. The molecular formula is C17H22BN4+. The first-order chi connectivity index (χ1) is 10.4. The zero-order valence-electron chi connectivity index (χ0n) is 14.2. The van der Waals surface area contributed by atoms with Crippen LogP contribution in [0.1, 0.15) is 16.7 Å². The molecular weight excluding hydrogens is 271 g/mol. The van der Waals surface area contributed by atoms with Crippen molar-refractivity contribution in [2.24, 2.45) is 7.05 Å². The van der Waals surface area contributed by atoms with Gasteiger partial charge in [0.2, 0.25) is 0 Å². The molecule has 0 fully saturated rings. The van der Waals surface area contributed by atoms with Crippen LogP contribution in [-0.4, -0.2) is 21.2 Å². The molecule has 5 heteroatoms. The molecule has 2 aromatic rings. The summed E-state index contributed by atoms with van der Waals surface area (Å²) in [6, 6.07) is 6.57. The van der Waals surface area contributed by atoms with E-state index in [0.717, 1.165) is 0 Å². The molecule has 112 valence electrons. The lowest BCUT2D eigenvalue weighted by Crippen LogP contribution is -2.53. The highest BCUT2D eigenvalue weighted by atomic mass is 15.5. The normalized spacial score (nSPS) is 15.4. The van der Waals surface area contributed by atoms with Crippen molar-refractivity contribution >= 4 is 30.0 Å². The van der Waals surface area contributed by atoms with E-state index in [1.807, 2.05) is 0 Å². The summed E-state index contributed by atoms with van der Waals surface area (Å²) in [5.74, 6) is 1.29. The average molecular weight is 293 g/mol. The zero-order valence-corrected chi connectivity index (χ0v) is 14.2. The van der Waals surface area contributed by atoms with Gasteiger partial charge in [-0.15, -0.1) is 0 Å². The fourth-order valence-electron chi connectivity index (χ4n) is 4.09. The van der Waals surface area contributed by atoms with Crippen molar-refractivity contribution in [1.29, 1.82) is 0 Å². The maximum absolute atomic E-state index is 2.48. The van der Waals surface area contributed by atoms with E-state index in [-0.39, 0.29) is 7.12 Å². The van der Waals surface area contributed by atoms with E-state index in [1.165, 1.54) is 39.6 Å². The number of benzene rings is 1. The van der Waals surface area contributed by atoms with Crippen molar-refractivity contribution in [1.82, 2.24) is 0 Å². The van der Waals surface area contributed by atoms with Gasteiger partial charge in [-0.05, 0) is 57.6 Å². The molecule has 0 atom stereocenters. The van der Waals surface area contributed by atoms with Gasteiger partial charge in [0.1, 0.15) is 11.4 Å². The number of hydrogen-bond donors (Lipinski definition) is 0. The number of pyridine rings is 1. The Kier molecular flexibility index (Phi) is 2.57. The predicted molar refractivity (Wildman–Crippen MR) is 93.0 cm³/mol.